The number of nitrogens with one attached hydrogen (secondary N) is 1. The molecule has 3 aromatic rings. The smallest absolute Gasteiger partial charge is 0.348 e. The van der Waals surface area contributed by atoms with E-state index in [1.165, 1.54) is 18.5 Å². The number of hydrogen-bond donors (Lipinski definition) is 1. The van der Waals surface area contributed by atoms with Crippen LogP contribution in [-0.4, -0.2) is 26.0 Å². The quantitative estimate of drug-likeness (QED) is 0.535. The van der Waals surface area contributed by atoms with Crippen molar-refractivity contribution < 1.29 is 13.2 Å². The van der Waals surface area contributed by atoms with Gasteiger partial charge in [-0.05, 0) is 43.0 Å². The zero-order chi connectivity index (χ0) is 22.7. The Morgan fingerprint density at radius 3 is 2.53 bits per heavy atom. The Kier molecular flexibility index (Phi) is 6.03. The predicted molar refractivity (Wildman–Crippen MR) is 118 cm³/mol. The molecular weight excluding hydrogens is 415 g/mol. The highest BCUT2D eigenvalue weighted by molar-refractivity contribution is 5.76. The SMILES string of the molecule is CC1C=CC([C@H](C)Nc2nccc(-c3nccnc3-c3cccc(C(F)(F)F)c3)n2)=CC1. The second-order valence-electron chi connectivity index (χ2n) is 7.74. The zero-order valence-electron chi connectivity index (χ0n) is 17.6. The molecule has 0 amide bonds. The molecule has 32 heavy (non-hydrogen) atoms. The molecule has 1 aliphatic carbocycles. The van der Waals surface area contributed by atoms with Gasteiger partial charge in [0.25, 0.3) is 0 Å². The molecule has 0 saturated carbocycles. The van der Waals surface area contributed by atoms with Crippen LogP contribution in [0.25, 0.3) is 22.6 Å². The van der Waals surface area contributed by atoms with Gasteiger partial charge in [0.2, 0.25) is 5.95 Å². The fraction of sp³-hybridized carbons (Fsp3) is 0.250. The number of anilines is 1. The fourth-order valence-corrected chi connectivity index (χ4v) is 3.48. The number of aromatic nitrogens is 4. The van der Waals surface area contributed by atoms with Crippen LogP contribution < -0.4 is 5.32 Å². The van der Waals surface area contributed by atoms with Crippen molar-refractivity contribution in [3.8, 4) is 22.6 Å². The second-order valence-corrected chi connectivity index (χ2v) is 7.74. The molecule has 2 atom stereocenters. The predicted octanol–water partition coefficient (Wildman–Crippen LogP) is 5.94. The molecule has 1 aliphatic rings. The minimum Gasteiger partial charge on any atom is -0.348 e. The minimum atomic E-state index is -4.44. The van der Waals surface area contributed by atoms with Crippen LogP contribution in [-0.2, 0) is 6.18 Å². The lowest BCUT2D eigenvalue weighted by molar-refractivity contribution is -0.137. The van der Waals surface area contributed by atoms with E-state index in [1.54, 1.807) is 18.3 Å². The summed E-state index contributed by atoms with van der Waals surface area (Å²) in [4.78, 5) is 17.5. The molecule has 1 aromatic carbocycles. The topological polar surface area (TPSA) is 63.6 Å². The number of halogens is 3. The van der Waals surface area contributed by atoms with Crippen molar-refractivity contribution >= 4 is 5.95 Å². The van der Waals surface area contributed by atoms with Crippen molar-refractivity contribution in [3.63, 3.8) is 0 Å². The normalized spacial score (nSPS) is 17.0. The van der Waals surface area contributed by atoms with Gasteiger partial charge in [0.15, 0.2) is 0 Å². The maximum absolute atomic E-state index is 13.2. The van der Waals surface area contributed by atoms with E-state index in [0.717, 1.165) is 24.1 Å². The molecule has 0 saturated heterocycles. The van der Waals surface area contributed by atoms with Gasteiger partial charge in [0, 0.05) is 24.2 Å². The minimum absolute atomic E-state index is 0.00112. The third kappa shape index (κ3) is 4.85. The number of hydrogen-bond acceptors (Lipinski definition) is 5. The Bertz CT molecular complexity index is 1170. The molecule has 1 N–H and O–H groups in total. The van der Waals surface area contributed by atoms with Crippen LogP contribution >= 0.6 is 0 Å². The van der Waals surface area contributed by atoms with Gasteiger partial charge in [-0.15, -0.1) is 0 Å². The van der Waals surface area contributed by atoms with E-state index < -0.39 is 11.7 Å². The monoisotopic (exact) mass is 437 g/mol. The second kappa shape index (κ2) is 8.90. The molecule has 4 rings (SSSR count). The molecule has 0 radical (unpaired) electrons. The van der Waals surface area contributed by atoms with Crippen molar-refractivity contribution in [2.24, 2.45) is 5.92 Å². The molecular formula is C24H22F3N5. The maximum atomic E-state index is 13.2. The van der Waals surface area contributed by atoms with Crippen LogP contribution in [0.5, 0.6) is 0 Å². The third-order valence-electron chi connectivity index (χ3n) is 5.25. The highest BCUT2D eigenvalue weighted by atomic mass is 19.4. The first-order valence-corrected chi connectivity index (χ1v) is 10.3. The van der Waals surface area contributed by atoms with Crippen molar-refractivity contribution in [2.45, 2.75) is 32.5 Å². The third-order valence-corrected chi connectivity index (χ3v) is 5.25. The van der Waals surface area contributed by atoms with Gasteiger partial charge in [-0.25, -0.2) is 9.97 Å². The molecule has 5 nitrogen and oxygen atoms in total. The van der Waals surface area contributed by atoms with E-state index in [9.17, 15) is 13.2 Å². The number of alkyl halides is 3. The number of nitrogens with zero attached hydrogens (tertiary/aromatic N) is 4. The first kappa shape index (κ1) is 21.7. The largest absolute Gasteiger partial charge is 0.416 e. The van der Waals surface area contributed by atoms with Crippen LogP contribution in [0.15, 0.2) is 72.7 Å². The Hall–Kier alpha value is -3.55. The van der Waals surface area contributed by atoms with Gasteiger partial charge in [-0.3, -0.25) is 9.97 Å². The van der Waals surface area contributed by atoms with Crippen LogP contribution in [0.4, 0.5) is 19.1 Å². The summed E-state index contributed by atoms with van der Waals surface area (Å²) >= 11 is 0. The summed E-state index contributed by atoms with van der Waals surface area (Å²) < 4.78 is 39.5. The van der Waals surface area contributed by atoms with Gasteiger partial charge < -0.3 is 5.32 Å². The summed E-state index contributed by atoms with van der Waals surface area (Å²) in [6.07, 6.45) is 7.54. The first-order chi connectivity index (χ1) is 15.3. The van der Waals surface area contributed by atoms with E-state index in [4.69, 9.17) is 0 Å². The molecule has 164 valence electrons. The Balaban J connectivity index is 1.64. The lowest BCUT2D eigenvalue weighted by Gasteiger charge is -2.19. The van der Waals surface area contributed by atoms with Gasteiger partial charge in [-0.1, -0.05) is 37.3 Å². The number of allylic oxidation sites excluding steroid dienone is 2. The average molecular weight is 437 g/mol. The first-order valence-electron chi connectivity index (χ1n) is 10.3. The molecule has 8 heteroatoms. The molecule has 0 aliphatic heterocycles. The van der Waals surface area contributed by atoms with Crippen LogP contribution in [0.3, 0.4) is 0 Å². The highest BCUT2D eigenvalue weighted by Crippen LogP contribution is 2.34. The standard InChI is InChI=1S/C24H22F3N5/c1-15-6-8-17(9-7-15)16(2)31-23-30-11-10-20(32-23)22-21(28-12-13-29-22)18-4-3-5-19(14-18)24(25,26)27/h3-6,8-16H,7H2,1-2H3,(H,30,31,32)/t15?,16-/m0/s1. The van der Waals surface area contributed by atoms with Crippen molar-refractivity contribution in [1.82, 2.24) is 19.9 Å². The van der Waals surface area contributed by atoms with Crippen LogP contribution in [0, 0.1) is 5.92 Å². The Labute approximate surface area is 184 Å². The van der Waals surface area contributed by atoms with E-state index >= 15 is 0 Å². The van der Waals surface area contributed by atoms with Gasteiger partial charge >= 0.3 is 6.18 Å². The van der Waals surface area contributed by atoms with Crippen molar-refractivity contribution in [3.05, 3.63) is 78.3 Å². The molecule has 1 unspecified atom stereocenters. The summed E-state index contributed by atoms with van der Waals surface area (Å²) in [6.45, 7) is 4.19. The van der Waals surface area contributed by atoms with Crippen molar-refractivity contribution in [1.29, 1.82) is 0 Å². The zero-order valence-corrected chi connectivity index (χ0v) is 17.6. The summed E-state index contributed by atoms with van der Waals surface area (Å²) in [5, 5.41) is 3.29. The van der Waals surface area contributed by atoms with E-state index in [1.807, 2.05) is 6.92 Å². The summed E-state index contributed by atoms with van der Waals surface area (Å²) in [7, 11) is 0. The fourth-order valence-electron chi connectivity index (χ4n) is 3.48. The molecule has 0 spiro atoms. The van der Waals surface area contributed by atoms with Crippen LogP contribution in [0.2, 0.25) is 0 Å². The average Bonchev–Trinajstić information content (AvgIpc) is 2.79. The van der Waals surface area contributed by atoms with Crippen LogP contribution in [0.1, 0.15) is 25.8 Å². The summed E-state index contributed by atoms with van der Waals surface area (Å²) in [5.41, 5.74) is 1.90. The highest BCUT2D eigenvalue weighted by Gasteiger charge is 2.30. The number of rotatable bonds is 5. The maximum Gasteiger partial charge on any atom is 0.416 e. The number of benzene rings is 1. The molecule has 0 fully saturated rings. The summed E-state index contributed by atoms with van der Waals surface area (Å²) in [5.74, 6) is 0.931. The van der Waals surface area contributed by atoms with Crippen molar-refractivity contribution in [2.75, 3.05) is 5.32 Å². The van der Waals surface area contributed by atoms with Gasteiger partial charge in [-0.2, -0.15) is 13.2 Å². The molecule has 2 aromatic heterocycles. The van der Waals surface area contributed by atoms with Gasteiger partial charge in [0.1, 0.15) is 5.69 Å². The van der Waals surface area contributed by atoms with E-state index in [0.29, 0.717) is 34.5 Å². The molecule has 0 bridgehead atoms. The van der Waals surface area contributed by atoms with E-state index in [-0.39, 0.29) is 6.04 Å². The molecule has 2 heterocycles. The van der Waals surface area contributed by atoms with E-state index in [2.05, 4.69) is 50.4 Å². The lowest BCUT2D eigenvalue weighted by Crippen LogP contribution is -2.20. The lowest BCUT2D eigenvalue weighted by atomic mass is 9.95. The summed E-state index contributed by atoms with van der Waals surface area (Å²) in [6, 6.07) is 6.70. The van der Waals surface area contributed by atoms with Gasteiger partial charge in [0.05, 0.1) is 23.0 Å². The Morgan fingerprint density at radius 1 is 1.03 bits per heavy atom. The Morgan fingerprint density at radius 2 is 1.81 bits per heavy atom.